The number of esters is 3. The fraction of sp³-hybridized carbons (Fsp3) is 0.957. The van der Waals surface area contributed by atoms with Crippen LogP contribution in [0.4, 0.5) is 0 Å². The molecule has 0 aliphatic carbocycles. The Morgan fingerprint density at radius 3 is 0.526 bits per heavy atom. The highest BCUT2D eigenvalue weighted by Gasteiger charge is 2.19. The second-order valence-corrected chi connectivity index (χ2v) is 24.2. The van der Waals surface area contributed by atoms with E-state index < -0.39 is 6.10 Å². The topological polar surface area (TPSA) is 78.9 Å². The first-order valence-corrected chi connectivity index (χ1v) is 35.0. The van der Waals surface area contributed by atoms with Crippen LogP contribution in [-0.4, -0.2) is 37.2 Å². The molecule has 0 aromatic rings. The van der Waals surface area contributed by atoms with Crippen molar-refractivity contribution in [1.29, 1.82) is 0 Å². The van der Waals surface area contributed by atoms with Gasteiger partial charge in [-0.05, 0) is 19.3 Å². The van der Waals surface area contributed by atoms with Crippen molar-refractivity contribution >= 4 is 17.9 Å². The Balaban J connectivity index is 4.07. The Morgan fingerprint density at radius 1 is 0.211 bits per heavy atom. The summed E-state index contributed by atoms with van der Waals surface area (Å²) in [4.78, 5) is 38.3. The molecule has 0 saturated heterocycles. The van der Waals surface area contributed by atoms with Gasteiger partial charge in [-0.15, -0.1) is 0 Å². The van der Waals surface area contributed by atoms with E-state index >= 15 is 0 Å². The van der Waals surface area contributed by atoms with Crippen LogP contribution in [0.1, 0.15) is 412 Å². The molecule has 76 heavy (non-hydrogen) atoms. The first-order chi connectivity index (χ1) is 37.5. The molecule has 1 unspecified atom stereocenters. The smallest absolute Gasteiger partial charge is 0.306 e. The summed E-state index contributed by atoms with van der Waals surface area (Å²) in [5.74, 6) is -0.826. The van der Waals surface area contributed by atoms with Gasteiger partial charge in [-0.25, -0.2) is 0 Å². The minimum absolute atomic E-state index is 0.0606. The largest absolute Gasteiger partial charge is 0.462 e. The number of ether oxygens (including phenoxy) is 3. The van der Waals surface area contributed by atoms with Crippen LogP contribution in [0.5, 0.6) is 0 Å². The number of carbonyl (C=O) groups excluding carboxylic acids is 3. The summed E-state index contributed by atoms with van der Waals surface area (Å²) in [7, 11) is 0. The van der Waals surface area contributed by atoms with Gasteiger partial charge in [0.1, 0.15) is 13.2 Å². The average molecular weight is 1070 g/mol. The van der Waals surface area contributed by atoms with Crippen LogP contribution in [0.2, 0.25) is 0 Å². The average Bonchev–Trinajstić information content (AvgIpc) is 3.42. The number of unbranched alkanes of at least 4 members (excludes halogenated alkanes) is 55. The molecule has 0 aliphatic heterocycles. The SMILES string of the molecule is CCCCCCCCCCCCCCCCCCCCCCCCCCCCCCCC(=O)OCC(COC(=O)CCCCCCCCCCCC)OC(=O)CCCCCCCCCCCCCCCCCCCCC. The fourth-order valence-corrected chi connectivity index (χ4v) is 11.1. The molecule has 0 N–H and O–H groups in total. The van der Waals surface area contributed by atoms with Gasteiger partial charge in [-0.2, -0.15) is 0 Å². The molecular formula is C70H136O6. The minimum atomic E-state index is -0.762. The van der Waals surface area contributed by atoms with E-state index in [0.29, 0.717) is 19.3 Å². The van der Waals surface area contributed by atoms with Crippen molar-refractivity contribution in [1.82, 2.24) is 0 Å². The second kappa shape index (κ2) is 65.9. The lowest BCUT2D eigenvalue weighted by Crippen LogP contribution is -2.30. The molecule has 0 aromatic heterocycles. The van der Waals surface area contributed by atoms with Crippen molar-refractivity contribution in [3.8, 4) is 0 Å². The number of carbonyl (C=O) groups is 3. The summed E-state index contributed by atoms with van der Waals surface area (Å²) in [5, 5.41) is 0. The quantitative estimate of drug-likeness (QED) is 0.0343. The molecule has 0 fully saturated rings. The lowest BCUT2D eigenvalue weighted by atomic mass is 10.0. The Kier molecular flexibility index (Phi) is 64.5. The molecule has 0 aromatic carbocycles. The van der Waals surface area contributed by atoms with Gasteiger partial charge in [0.25, 0.3) is 0 Å². The van der Waals surface area contributed by atoms with Crippen LogP contribution in [0.15, 0.2) is 0 Å². The van der Waals surface area contributed by atoms with Crippen LogP contribution in [0.3, 0.4) is 0 Å². The number of rotatable bonds is 66. The van der Waals surface area contributed by atoms with Gasteiger partial charge in [-0.1, -0.05) is 374 Å². The van der Waals surface area contributed by atoms with Crippen molar-refractivity contribution in [2.45, 2.75) is 419 Å². The standard InChI is InChI=1S/C70H136O6/c1-4-7-10-13-16-19-22-24-26-28-30-31-32-33-34-35-36-37-38-39-41-42-44-46-48-51-54-57-60-63-69(72)75-66-67(65-74-68(71)62-59-56-53-50-21-18-15-12-9-6-3)76-70(73)64-61-58-55-52-49-47-45-43-40-29-27-25-23-20-17-14-11-8-5-2/h67H,4-66H2,1-3H3. The third-order valence-electron chi connectivity index (χ3n) is 16.4. The van der Waals surface area contributed by atoms with E-state index in [0.717, 1.165) is 57.8 Å². The van der Waals surface area contributed by atoms with Gasteiger partial charge in [0, 0.05) is 19.3 Å². The van der Waals surface area contributed by atoms with E-state index in [1.807, 2.05) is 0 Å². The summed E-state index contributed by atoms with van der Waals surface area (Å²) >= 11 is 0. The zero-order chi connectivity index (χ0) is 55.0. The molecule has 0 rings (SSSR count). The lowest BCUT2D eigenvalue weighted by Gasteiger charge is -2.18. The molecule has 0 heterocycles. The van der Waals surface area contributed by atoms with Crippen molar-refractivity contribution in [2.24, 2.45) is 0 Å². The molecule has 0 spiro atoms. The van der Waals surface area contributed by atoms with Gasteiger partial charge < -0.3 is 14.2 Å². The Hall–Kier alpha value is -1.59. The lowest BCUT2D eigenvalue weighted by molar-refractivity contribution is -0.167. The van der Waals surface area contributed by atoms with E-state index in [2.05, 4.69) is 20.8 Å². The van der Waals surface area contributed by atoms with Crippen molar-refractivity contribution in [3.05, 3.63) is 0 Å². The number of hydrogen-bond donors (Lipinski definition) is 0. The molecular weight excluding hydrogens is 937 g/mol. The van der Waals surface area contributed by atoms with Crippen LogP contribution < -0.4 is 0 Å². The van der Waals surface area contributed by atoms with Gasteiger partial charge in [0.15, 0.2) is 6.10 Å². The van der Waals surface area contributed by atoms with Crippen molar-refractivity contribution < 1.29 is 28.6 Å². The highest BCUT2D eigenvalue weighted by Crippen LogP contribution is 2.19. The third kappa shape index (κ3) is 63.2. The normalized spacial score (nSPS) is 11.9. The maximum absolute atomic E-state index is 12.9. The predicted molar refractivity (Wildman–Crippen MR) is 330 cm³/mol. The van der Waals surface area contributed by atoms with Gasteiger partial charge >= 0.3 is 17.9 Å². The monoisotopic (exact) mass is 1070 g/mol. The molecule has 6 nitrogen and oxygen atoms in total. The van der Waals surface area contributed by atoms with Gasteiger partial charge in [0.2, 0.25) is 0 Å². The zero-order valence-electron chi connectivity index (χ0n) is 52.1. The summed E-state index contributed by atoms with van der Waals surface area (Å²) in [6.45, 7) is 6.72. The molecule has 0 aliphatic rings. The highest BCUT2D eigenvalue weighted by atomic mass is 16.6. The van der Waals surface area contributed by atoms with E-state index in [1.165, 1.54) is 315 Å². The molecule has 1 atom stereocenters. The Morgan fingerprint density at radius 2 is 0.355 bits per heavy atom. The van der Waals surface area contributed by atoms with Crippen LogP contribution in [0, 0.1) is 0 Å². The first-order valence-electron chi connectivity index (χ1n) is 35.0. The molecule has 0 saturated carbocycles. The molecule has 0 radical (unpaired) electrons. The van der Waals surface area contributed by atoms with Crippen LogP contribution in [0.25, 0.3) is 0 Å². The van der Waals surface area contributed by atoms with Crippen LogP contribution in [-0.2, 0) is 28.6 Å². The summed E-state index contributed by atoms with van der Waals surface area (Å²) in [5.41, 5.74) is 0. The molecule has 0 bridgehead atoms. The predicted octanol–water partition coefficient (Wildman–Crippen LogP) is 23.8. The van der Waals surface area contributed by atoms with Gasteiger partial charge in [0.05, 0.1) is 0 Å². The Labute approximate surface area is 476 Å². The maximum atomic E-state index is 12.9. The van der Waals surface area contributed by atoms with Crippen molar-refractivity contribution in [2.75, 3.05) is 13.2 Å². The Bertz CT molecular complexity index is 1140. The zero-order valence-corrected chi connectivity index (χ0v) is 52.1. The minimum Gasteiger partial charge on any atom is -0.462 e. The first kappa shape index (κ1) is 74.4. The highest BCUT2D eigenvalue weighted by molar-refractivity contribution is 5.71. The number of hydrogen-bond acceptors (Lipinski definition) is 6. The summed E-state index contributed by atoms with van der Waals surface area (Å²) in [6.07, 6.45) is 77.2. The van der Waals surface area contributed by atoms with Crippen molar-refractivity contribution in [3.63, 3.8) is 0 Å². The van der Waals surface area contributed by atoms with E-state index in [1.54, 1.807) is 0 Å². The third-order valence-corrected chi connectivity index (χ3v) is 16.4. The van der Waals surface area contributed by atoms with E-state index in [9.17, 15) is 14.4 Å². The van der Waals surface area contributed by atoms with E-state index in [-0.39, 0.29) is 31.1 Å². The maximum Gasteiger partial charge on any atom is 0.306 e. The molecule has 6 heteroatoms. The molecule has 0 amide bonds. The molecule has 452 valence electrons. The van der Waals surface area contributed by atoms with Gasteiger partial charge in [-0.3, -0.25) is 14.4 Å². The fourth-order valence-electron chi connectivity index (χ4n) is 11.1. The summed E-state index contributed by atoms with van der Waals surface area (Å²) < 4.78 is 17.0. The summed E-state index contributed by atoms with van der Waals surface area (Å²) in [6, 6.07) is 0. The van der Waals surface area contributed by atoms with E-state index in [4.69, 9.17) is 14.2 Å². The second-order valence-electron chi connectivity index (χ2n) is 24.2. The van der Waals surface area contributed by atoms with Crippen LogP contribution >= 0.6 is 0 Å².